The number of nitrogens with zero attached hydrogens (tertiary/aromatic N) is 6. The highest BCUT2D eigenvalue weighted by atomic mass is 35.5. The molecule has 7 nitrogen and oxygen atoms in total. The Hall–Kier alpha value is -4.05. The SMILES string of the molecule is O=c1n(Cc2ccc(C(F)(F)F)nc2)nc2nc(-c3ccncc3)c(-c3ccc(Cl)cc3)cn12. The predicted molar refractivity (Wildman–Crippen MR) is 119 cm³/mol. The number of rotatable bonds is 4. The third-order valence-electron chi connectivity index (χ3n) is 5.13. The zero-order chi connectivity index (χ0) is 23.9. The largest absolute Gasteiger partial charge is 0.433 e. The molecule has 0 fully saturated rings. The summed E-state index contributed by atoms with van der Waals surface area (Å²) in [6.45, 7) is -0.0613. The van der Waals surface area contributed by atoms with Gasteiger partial charge in [0.25, 0.3) is 5.78 Å². The zero-order valence-electron chi connectivity index (χ0n) is 17.2. The first-order valence-electron chi connectivity index (χ1n) is 9.98. The van der Waals surface area contributed by atoms with Gasteiger partial charge < -0.3 is 0 Å². The minimum absolute atomic E-state index is 0.0613. The van der Waals surface area contributed by atoms with Crippen LogP contribution in [0.3, 0.4) is 0 Å². The summed E-state index contributed by atoms with van der Waals surface area (Å²) in [5, 5.41) is 4.85. The van der Waals surface area contributed by atoms with Gasteiger partial charge in [0, 0.05) is 40.9 Å². The smallest absolute Gasteiger partial charge is 0.265 e. The van der Waals surface area contributed by atoms with Crippen LogP contribution in [0.4, 0.5) is 13.2 Å². The minimum Gasteiger partial charge on any atom is -0.265 e. The fourth-order valence-corrected chi connectivity index (χ4v) is 3.61. The number of benzene rings is 1. The van der Waals surface area contributed by atoms with Crippen molar-refractivity contribution in [1.29, 1.82) is 0 Å². The van der Waals surface area contributed by atoms with Gasteiger partial charge in [-0.2, -0.15) is 13.2 Å². The third kappa shape index (κ3) is 4.15. The quantitative estimate of drug-likeness (QED) is 0.370. The summed E-state index contributed by atoms with van der Waals surface area (Å²) in [5.41, 5.74) is 1.73. The standard InChI is InChI=1S/C23H14ClF3N6O/c24-17-4-2-15(3-5-17)18-13-32-21(30-20(18)16-7-9-28-10-8-16)31-33(22(32)34)12-14-1-6-19(29-11-14)23(25,26)27/h1-11,13H,12H2. The van der Waals surface area contributed by atoms with E-state index in [1.165, 1.54) is 10.5 Å². The lowest BCUT2D eigenvalue weighted by Gasteiger charge is -2.09. The lowest BCUT2D eigenvalue weighted by molar-refractivity contribution is -0.141. The van der Waals surface area contributed by atoms with E-state index in [2.05, 4.69) is 20.1 Å². The van der Waals surface area contributed by atoms with E-state index in [1.807, 2.05) is 12.1 Å². The normalized spacial score (nSPS) is 11.8. The van der Waals surface area contributed by atoms with E-state index in [0.717, 1.165) is 28.1 Å². The Morgan fingerprint density at radius 3 is 2.32 bits per heavy atom. The van der Waals surface area contributed by atoms with E-state index >= 15 is 0 Å². The molecule has 0 aliphatic heterocycles. The Morgan fingerprint density at radius 2 is 1.68 bits per heavy atom. The molecule has 0 saturated carbocycles. The molecule has 170 valence electrons. The Bertz CT molecular complexity index is 1530. The van der Waals surface area contributed by atoms with Crippen molar-refractivity contribution >= 4 is 17.4 Å². The summed E-state index contributed by atoms with van der Waals surface area (Å²) in [4.78, 5) is 25.1. The Balaban J connectivity index is 1.61. The minimum atomic E-state index is -4.54. The Kier molecular flexibility index (Phi) is 5.37. The molecule has 0 aliphatic rings. The molecule has 4 aromatic heterocycles. The van der Waals surface area contributed by atoms with Gasteiger partial charge >= 0.3 is 11.9 Å². The second-order valence-electron chi connectivity index (χ2n) is 7.41. The van der Waals surface area contributed by atoms with E-state index in [1.54, 1.807) is 42.9 Å². The lowest BCUT2D eigenvalue weighted by atomic mass is 10.0. The van der Waals surface area contributed by atoms with Crippen molar-refractivity contribution in [2.45, 2.75) is 12.7 Å². The Morgan fingerprint density at radius 1 is 0.941 bits per heavy atom. The van der Waals surface area contributed by atoms with Crippen molar-refractivity contribution in [3.8, 4) is 22.4 Å². The third-order valence-corrected chi connectivity index (χ3v) is 5.39. The van der Waals surface area contributed by atoms with Crippen molar-refractivity contribution in [2.24, 2.45) is 0 Å². The molecule has 0 N–H and O–H groups in total. The van der Waals surface area contributed by atoms with Crippen molar-refractivity contribution in [1.82, 2.24) is 29.1 Å². The summed E-state index contributed by atoms with van der Waals surface area (Å²) < 4.78 is 40.8. The monoisotopic (exact) mass is 482 g/mol. The molecule has 1 aromatic carbocycles. The fourth-order valence-electron chi connectivity index (χ4n) is 3.48. The van der Waals surface area contributed by atoms with Gasteiger partial charge in [0.05, 0.1) is 12.2 Å². The van der Waals surface area contributed by atoms with Gasteiger partial charge in [-0.25, -0.2) is 18.9 Å². The van der Waals surface area contributed by atoms with Gasteiger partial charge in [0.15, 0.2) is 0 Å². The molecule has 0 radical (unpaired) electrons. The summed E-state index contributed by atoms with van der Waals surface area (Å²) in [7, 11) is 0. The van der Waals surface area contributed by atoms with Crippen LogP contribution in [0.5, 0.6) is 0 Å². The molecule has 0 aliphatic carbocycles. The second kappa shape index (κ2) is 8.38. The molecule has 0 bridgehead atoms. The van der Waals surface area contributed by atoms with Crippen molar-refractivity contribution in [2.75, 3.05) is 0 Å². The second-order valence-corrected chi connectivity index (χ2v) is 7.84. The molecule has 0 atom stereocenters. The number of hydrogen-bond acceptors (Lipinski definition) is 5. The van der Waals surface area contributed by atoms with Gasteiger partial charge in [-0.3, -0.25) is 9.97 Å². The van der Waals surface area contributed by atoms with Crippen LogP contribution in [0.25, 0.3) is 28.2 Å². The maximum Gasteiger partial charge on any atom is 0.433 e. The van der Waals surface area contributed by atoms with Crippen LogP contribution in [0, 0.1) is 0 Å². The van der Waals surface area contributed by atoms with Crippen LogP contribution >= 0.6 is 11.6 Å². The van der Waals surface area contributed by atoms with Crippen LogP contribution in [0.1, 0.15) is 11.3 Å². The number of fused-ring (bicyclic) bond motifs is 1. The topological polar surface area (TPSA) is 78.0 Å². The first-order valence-corrected chi connectivity index (χ1v) is 10.4. The fraction of sp³-hybridized carbons (Fsp3) is 0.0870. The van der Waals surface area contributed by atoms with Gasteiger partial charge in [-0.1, -0.05) is 29.8 Å². The Labute approximate surface area is 195 Å². The van der Waals surface area contributed by atoms with Crippen molar-refractivity contribution < 1.29 is 13.2 Å². The van der Waals surface area contributed by atoms with E-state index < -0.39 is 17.6 Å². The molecule has 5 aromatic rings. The van der Waals surface area contributed by atoms with Crippen LogP contribution in [-0.2, 0) is 12.7 Å². The first-order chi connectivity index (χ1) is 16.3. The van der Waals surface area contributed by atoms with Crippen LogP contribution < -0.4 is 5.69 Å². The van der Waals surface area contributed by atoms with Crippen LogP contribution in [0.2, 0.25) is 5.02 Å². The van der Waals surface area contributed by atoms with E-state index in [4.69, 9.17) is 11.6 Å². The lowest BCUT2D eigenvalue weighted by Crippen LogP contribution is -2.22. The van der Waals surface area contributed by atoms with E-state index in [0.29, 0.717) is 21.8 Å². The number of aromatic nitrogens is 6. The molecule has 0 saturated heterocycles. The summed E-state index contributed by atoms with van der Waals surface area (Å²) in [6.07, 6.45) is 1.45. The highest BCUT2D eigenvalue weighted by Gasteiger charge is 2.32. The molecular formula is C23H14ClF3N6O. The van der Waals surface area contributed by atoms with Crippen molar-refractivity contribution in [3.63, 3.8) is 0 Å². The highest BCUT2D eigenvalue weighted by molar-refractivity contribution is 6.30. The predicted octanol–water partition coefficient (Wildman–Crippen LogP) is 4.74. The number of pyridine rings is 2. The summed E-state index contributed by atoms with van der Waals surface area (Å²) in [6, 6.07) is 12.8. The maximum absolute atomic E-state index is 13.0. The van der Waals surface area contributed by atoms with E-state index in [-0.39, 0.29) is 12.3 Å². The van der Waals surface area contributed by atoms with E-state index in [9.17, 15) is 18.0 Å². The molecule has 5 rings (SSSR count). The first kappa shape index (κ1) is 21.8. The zero-order valence-corrected chi connectivity index (χ0v) is 18.0. The number of alkyl halides is 3. The maximum atomic E-state index is 13.0. The van der Waals surface area contributed by atoms with Crippen LogP contribution in [-0.4, -0.2) is 29.1 Å². The molecule has 4 heterocycles. The number of halogens is 4. The molecule has 0 unspecified atom stereocenters. The number of hydrogen-bond donors (Lipinski definition) is 0. The van der Waals surface area contributed by atoms with Gasteiger partial charge in [0.1, 0.15) is 5.69 Å². The molecular weight excluding hydrogens is 469 g/mol. The summed E-state index contributed by atoms with van der Waals surface area (Å²) in [5.74, 6) is 0.148. The molecule has 0 spiro atoms. The van der Waals surface area contributed by atoms with Gasteiger partial charge in [0.2, 0.25) is 0 Å². The van der Waals surface area contributed by atoms with Gasteiger partial charge in [-0.05, 0) is 41.5 Å². The summed E-state index contributed by atoms with van der Waals surface area (Å²) >= 11 is 6.03. The average molecular weight is 483 g/mol. The molecule has 11 heteroatoms. The average Bonchev–Trinajstić information content (AvgIpc) is 3.13. The van der Waals surface area contributed by atoms with Crippen LogP contribution in [0.15, 0.2) is 78.1 Å². The molecule has 34 heavy (non-hydrogen) atoms. The van der Waals surface area contributed by atoms with Gasteiger partial charge in [-0.15, -0.1) is 5.10 Å². The highest BCUT2D eigenvalue weighted by Crippen LogP contribution is 2.31. The molecule has 0 amide bonds. The van der Waals surface area contributed by atoms with Crippen molar-refractivity contribution in [3.05, 3.63) is 100 Å².